The van der Waals surface area contributed by atoms with Crippen LogP contribution in [0.3, 0.4) is 0 Å². The van der Waals surface area contributed by atoms with Crippen molar-refractivity contribution in [3.05, 3.63) is 58.9 Å². The molecule has 0 aliphatic carbocycles. The van der Waals surface area contributed by atoms with Gasteiger partial charge in [-0.25, -0.2) is 4.39 Å². The van der Waals surface area contributed by atoms with E-state index in [1.54, 1.807) is 23.9 Å². The number of hydrogen-bond donors (Lipinski definition) is 1. The van der Waals surface area contributed by atoms with Gasteiger partial charge in [0.15, 0.2) is 0 Å². The minimum Gasteiger partial charge on any atom is -0.397 e. The summed E-state index contributed by atoms with van der Waals surface area (Å²) in [6.07, 6.45) is 0. The number of thioether (sulfide) groups is 1. The Morgan fingerprint density at radius 3 is 2.47 bits per heavy atom. The van der Waals surface area contributed by atoms with Gasteiger partial charge in [0, 0.05) is 15.2 Å². The van der Waals surface area contributed by atoms with Crippen LogP contribution in [-0.4, -0.2) is 0 Å². The molecule has 0 spiro atoms. The molecule has 0 fully saturated rings. The highest BCUT2D eigenvalue weighted by molar-refractivity contribution is 8.00. The molecule has 2 aromatic rings. The minimum absolute atomic E-state index is 0.193. The van der Waals surface area contributed by atoms with Crippen LogP contribution in [-0.2, 0) is 4.75 Å². The molecule has 0 amide bonds. The molecule has 19 heavy (non-hydrogen) atoms. The highest BCUT2D eigenvalue weighted by Gasteiger charge is 2.25. The summed E-state index contributed by atoms with van der Waals surface area (Å²) in [6, 6.07) is 12.3. The van der Waals surface area contributed by atoms with E-state index < -0.39 is 0 Å². The molecule has 2 N–H and O–H groups in total. The highest BCUT2D eigenvalue weighted by atomic mass is 35.5. The Labute approximate surface area is 122 Å². The van der Waals surface area contributed by atoms with Gasteiger partial charge in [-0.1, -0.05) is 29.8 Å². The Kier molecular flexibility index (Phi) is 4.07. The van der Waals surface area contributed by atoms with Crippen LogP contribution in [0.4, 0.5) is 10.1 Å². The molecule has 0 saturated carbocycles. The summed E-state index contributed by atoms with van der Waals surface area (Å²) < 4.78 is 13.5. The Morgan fingerprint density at radius 2 is 1.84 bits per heavy atom. The molecule has 0 heterocycles. The average Bonchev–Trinajstić information content (AvgIpc) is 2.34. The van der Waals surface area contributed by atoms with Gasteiger partial charge in [-0.15, -0.1) is 11.8 Å². The zero-order valence-electron chi connectivity index (χ0n) is 10.8. The van der Waals surface area contributed by atoms with Crippen LogP contribution in [0, 0.1) is 5.82 Å². The fraction of sp³-hybridized carbons (Fsp3) is 0.200. The Morgan fingerprint density at radius 1 is 1.16 bits per heavy atom. The van der Waals surface area contributed by atoms with Crippen molar-refractivity contribution in [1.82, 2.24) is 0 Å². The van der Waals surface area contributed by atoms with Gasteiger partial charge in [0.2, 0.25) is 0 Å². The maximum absolute atomic E-state index is 13.9. The maximum Gasteiger partial charge on any atom is 0.127 e. The molecular weight excluding hydrogens is 281 g/mol. The van der Waals surface area contributed by atoms with Gasteiger partial charge in [-0.2, -0.15) is 0 Å². The van der Waals surface area contributed by atoms with E-state index in [-0.39, 0.29) is 10.6 Å². The fourth-order valence-electron chi connectivity index (χ4n) is 1.88. The summed E-state index contributed by atoms with van der Waals surface area (Å²) in [5.74, 6) is -0.193. The molecule has 1 nitrogen and oxygen atoms in total. The van der Waals surface area contributed by atoms with Crippen LogP contribution in [0.5, 0.6) is 0 Å². The topological polar surface area (TPSA) is 26.0 Å². The first-order chi connectivity index (χ1) is 8.90. The number of halogens is 2. The molecule has 0 aliphatic heterocycles. The van der Waals surface area contributed by atoms with E-state index in [0.29, 0.717) is 16.3 Å². The Balaban J connectivity index is 2.31. The highest BCUT2D eigenvalue weighted by Crippen LogP contribution is 2.42. The lowest BCUT2D eigenvalue weighted by Gasteiger charge is -2.25. The number of hydrogen-bond acceptors (Lipinski definition) is 2. The predicted octanol–water partition coefficient (Wildman–Crippen LogP) is 5.09. The molecule has 2 rings (SSSR count). The molecule has 0 radical (unpaired) electrons. The van der Waals surface area contributed by atoms with Gasteiger partial charge in [0.05, 0.1) is 10.7 Å². The van der Waals surface area contributed by atoms with Gasteiger partial charge in [0.25, 0.3) is 0 Å². The maximum atomic E-state index is 13.9. The molecule has 0 bridgehead atoms. The van der Waals surface area contributed by atoms with Crippen LogP contribution in [0.1, 0.15) is 19.4 Å². The summed E-state index contributed by atoms with van der Waals surface area (Å²) in [4.78, 5) is 0.968. The van der Waals surface area contributed by atoms with Crippen molar-refractivity contribution in [2.75, 3.05) is 5.73 Å². The first-order valence-corrected chi connectivity index (χ1v) is 7.08. The summed E-state index contributed by atoms with van der Waals surface area (Å²) in [6.45, 7) is 3.97. The first kappa shape index (κ1) is 14.2. The van der Waals surface area contributed by atoms with Crippen molar-refractivity contribution in [3.63, 3.8) is 0 Å². The van der Waals surface area contributed by atoms with E-state index in [1.165, 1.54) is 6.07 Å². The quantitative estimate of drug-likeness (QED) is 0.630. The second-order valence-corrected chi connectivity index (χ2v) is 6.88. The molecular formula is C15H15ClFNS. The minimum atomic E-state index is -0.383. The summed E-state index contributed by atoms with van der Waals surface area (Å²) in [5, 5.41) is 0.535. The Hall–Kier alpha value is -1.19. The Bertz CT molecular complexity index is 598. The number of rotatable bonds is 3. The van der Waals surface area contributed by atoms with Crippen molar-refractivity contribution >= 4 is 29.1 Å². The van der Waals surface area contributed by atoms with Gasteiger partial charge in [-0.3, -0.25) is 0 Å². The van der Waals surface area contributed by atoms with Crippen LogP contribution in [0.2, 0.25) is 5.02 Å². The van der Waals surface area contributed by atoms with Crippen molar-refractivity contribution in [2.45, 2.75) is 23.5 Å². The second-order valence-electron chi connectivity index (χ2n) is 4.78. The fourth-order valence-corrected chi connectivity index (χ4v) is 3.19. The standard InChI is InChI=1S/C15H15ClFNS/c1-15(2,11-5-3-4-6-13(11)17)19-10-7-8-12(16)14(18)9-10/h3-9H,18H2,1-2H3. The lowest BCUT2D eigenvalue weighted by atomic mass is 10.0. The molecule has 4 heteroatoms. The van der Waals surface area contributed by atoms with E-state index >= 15 is 0 Å². The van der Waals surface area contributed by atoms with Crippen LogP contribution in [0.25, 0.3) is 0 Å². The van der Waals surface area contributed by atoms with Crippen LogP contribution >= 0.6 is 23.4 Å². The van der Waals surface area contributed by atoms with Gasteiger partial charge >= 0.3 is 0 Å². The number of anilines is 1. The molecule has 0 unspecified atom stereocenters. The van der Waals surface area contributed by atoms with E-state index in [4.69, 9.17) is 17.3 Å². The number of benzene rings is 2. The van der Waals surface area contributed by atoms with E-state index in [9.17, 15) is 4.39 Å². The third kappa shape index (κ3) is 3.23. The molecule has 0 atom stereocenters. The number of nitrogens with two attached hydrogens (primary N) is 1. The molecule has 0 saturated heterocycles. The lowest BCUT2D eigenvalue weighted by Crippen LogP contribution is -2.14. The second kappa shape index (κ2) is 5.43. The molecule has 2 aromatic carbocycles. The van der Waals surface area contributed by atoms with Crippen molar-refractivity contribution < 1.29 is 4.39 Å². The van der Waals surface area contributed by atoms with Crippen LogP contribution in [0.15, 0.2) is 47.4 Å². The molecule has 100 valence electrons. The summed E-state index contributed by atoms with van der Waals surface area (Å²) in [7, 11) is 0. The third-order valence-electron chi connectivity index (χ3n) is 2.86. The molecule has 0 aliphatic rings. The van der Waals surface area contributed by atoms with E-state index in [2.05, 4.69) is 0 Å². The normalized spacial score (nSPS) is 11.6. The largest absolute Gasteiger partial charge is 0.397 e. The molecule has 0 aromatic heterocycles. The average molecular weight is 296 g/mol. The van der Waals surface area contributed by atoms with Crippen molar-refractivity contribution in [1.29, 1.82) is 0 Å². The zero-order chi connectivity index (χ0) is 14.0. The van der Waals surface area contributed by atoms with Gasteiger partial charge < -0.3 is 5.73 Å². The summed E-state index contributed by atoms with van der Waals surface area (Å²) >= 11 is 7.46. The summed E-state index contributed by atoms with van der Waals surface area (Å²) in [5.41, 5.74) is 7.00. The predicted molar refractivity (Wildman–Crippen MR) is 81.1 cm³/mol. The number of nitrogen functional groups attached to an aromatic ring is 1. The first-order valence-electron chi connectivity index (χ1n) is 5.89. The van der Waals surface area contributed by atoms with Crippen molar-refractivity contribution in [2.24, 2.45) is 0 Å². The van der Waals surface area contributed by atoms with Crippen molar-refractivity contribution in [3.8, 4) is 0 Å². The smallest absolute Gasteiger partial charge is 0.127 e. The van der Waals surface area contributed by atoms with Gasteiger partial charge in [0.1, 0.15) is 5.82 Å². The van der Waals surface area contributed by atoms with Gasteiger partial charge in [-0.05, 0) is 38.1 Å². The van der Waals surface area contributed by atoms with E-state index in [0.717, 1.165) is 4.90 Å². The monoisotopic (exact) mass is 295 g/mol. The third-order valence-corrected chi connectivity index (χ3v) is 4.43. The van der Waals surface area contributed by atoms with Crippen LogP contribution < -0.4 is 5.73 Å². The van der Waals surface area contributed by atoms with E-state index in [1.807, 2.05) is 38.1 Å². The lowest BCUT2D eigenvalue weighted by molar-refractivity contribution is 0.587. The zero-order valence-corrected chi connectivity index (χ0v) is 12.4. The SMILES string of the molecule is CC(C)(Sc1ccc(Cl)c(N)c1)c1ccccc1F.